The lowest BCUT2D eigenvalue weighted by Gasteiger charge is -2.26. The maximum atomic E-state index is 12.0. The second-order valence-corrected chi connectivity index (χ2v) is 5.32. The number of rotatable bonds is 7. The van der Waals surface area contributed by atoms with Gasteiger partial charge in [0.2, 0.25) is 0 Å². The lowest BCUT2D eigenvalue weighted by Crippen LogP contribution is -2.32. The first-order valence-corrected chi connectivity index (χ1v) is 7.10. The molecule has 0 radical (unpaired) electrons. The molecule has 0 heterocycles. The second-order valence-electron chi connectivity index (χ2n) is 4.51. The summed E-state index contributed by atoms with van der Waals surface area (Å²) in [7, 11) is 3.19. The molecule has 0 fully saturated rings. The Balaban J connectivity index is 2.93. The summed E-state index contributed by atoms with van der Waals surface area (Å²) in [6, 6.07) is 4.57. The highest BCUT2D eigenvalue weighted by atomic mass is 35.5. The molecular formula is C14H19Cl2NO3. The van der Waals surface area contributed by atoms with Crippen molar-refractivity contribution in [2.75, 3.05) is 27.3 Å². The number of nitrogens with zero attached hydrogens (tertiary/aromatic N) is 1. The zero-order valence-electron chi connectivity index (χ0n) is 11.6. The van der Waals surface area contributed by atoms with Crippen LogP contribution >= 0.6 is 23.2 Å². The second kappa shape index (κ2) is 8.47. The maximum Gasteiger partial charge on any atom is 0.327 e. The Morgan fingerprint density at radius 1 is 1.35 bits per heavy atom. The fraction of sp³-hybridized carbons (Fsp3) is 0.500. The molecule has 6 heteroatoms. The SMILES string of the molecule is COC(=O)C(c1ccc(Cl)c(Cl)c1)N(C)CCCCO. The van der Waals surface area contributed by atoms with Gasteiger partial charge in [-0.2, -0.15) is 0 Å². The molecule has 0 aliphatic rings. The summed E-state index contributed by atoms with van der Waals surface area (Å²) in [5.74, 6) is -0.352. The van der Waals surface area contributed by atoms with Gasteiger partial charge in [-0.1, -0.05) is 29.3 Å². The zero-order valence-corrected chi connectivity index (χ0v) is 13.1. The van der Waals surface area contributed by atoms with E-state index in [0.29, 0.717) is 23.0 Å². The van der Waals surface area contributed by atoms with Gasteiger partial charge in [0, 0.05) is 6.61 Å². The van der Waals surface area contributed by atoms with Crippen molar-refractivity contribution in [2.24, 2.45) is 0 Å². The van der Waals surface area contributed by atoms with E-state index in [1.165, 1.54) is 7.11 Å². The summed E-state index contributed by atoms with van der Waals surface area (Å²) in [5.41, 5.74) is 0.734. The predicted molar refractivity (Wildman–Crippen MR) is 80.2 cm³/mol. The van der Waals surface area contributed by atoms with Crippen molar-refractivity contribution in [3.63, 3.8) is 0 Å². The van der Waals surface area contributed by atoms with E-state index in [4.69, 9.17) is 33.0 Å². The molecule has 0 spiro atoms. The van der Waals surface area contributed by atoms with Crippen LogP contribution in [0, 0.1) is 0 Å². The van der Waals surface area contributed by atoms with Crippen molar-refractivity contribution in [3.05, 3.63) is 33.8 Å². The smallest absolute Gasteiger partial charge is 0.327 e. The van der Waals surface area contributed by atoms with Crippen molar-refractivity contribution >= 4 is 29.2 Å². The van der Waals surface area contributed by atoms with Gasteiger partial charge >= 0.3 is 5.97 Å². The van der Waals surface area contributed by atoms with E-state index in [1.807, 2.05) is 11.9 Å². The normalized spacial score (nSPS) is 12.5. The third-order valence-corrected chi connectivity index (χ3v) is 3.78. The summed E-state index contributed by atoms with van der Waals surface area (Å²) in [5, 5.41) is 9.67. The molecule has 1 unspecified atom stereocenters. The molecule has 0 saturated heterocycles. The molecule has 0 aliphatic heterocycles. The monoisotopic (exact) mass is 319 g/mol. The van der Waals surface area contributed by atoms with Crippen LogP contribution in [0.3, 0.4) is 0 Å². The number of hydrogen-bond acceptors (Lipinski definition) is 4. The number of benzene rings is 1. The van der Waals surface area contributed by atoms with E-state index < -0.39 is 6.04 Å². The van der Waals surface area contributed by atoms with Crippen LogP contribution in [0.25, 0.3) is 0 Å². The number of ether oxygens (including phenoxy) is 1. The van der Waals surface area contributed by atoms with Crippen LogP contribution in [0.1, 0.15) is 24.4 Å². The van der Waals surface area contributed by atoms with Crippen molar-refractivity contribution in [2.45, 2.75) is 18.9 Å². The predicted octanol–water partition coefficient (Wildman–Crippen LogP) is 2.91. The number of carbonyl (C=O) groups is 1. The first-order chi connectivity index (χ1) is 9.51. The number of aliphatic hydroxyl groups excluding tert-OH is 1. The minimum absolute atomic E-state index is 0.142. The molecule has 0 aromatic heterocycles. The van der Waals surface area contributed by atoms with Crippen LogP contribution in [0.15, 0.2) is 18.2 Å². The van der Waals surface area contributed by atoms with E-state index in [-0.39, 0.29) is 12.6 Å². The Morgan fingerprint density at radius 3 is 2.60 bits per heavy atom. The van der Waals surface area contributed by atoms with Gasteiger partial charge < -0.3 is 9.84 Å². The number of likely N-dealkylation sites (N-methyl/N-ethyl adjacent to an activating group) is 1. The summed E-state index contributed by atoms with van der Waals surface area (Å²) in [6.07, 6.45) is 1.49. The lowest BCUT2D eigenvalue weighted by atomic mass is 10.1. The molecule has 4 nitrogen and oxygen atoms in total. The van der Waals surface area contributed by atoms with Gasteiger partial charge in [-0.15, -0.1) is 0 Å². The van der Waals surface area contributed by atoms with Gasteiger partial charge in [0.1, 0.15) is 6.04 Å². The molecule has 1 rings (SSSR count). The number of hydrogen-bond donors (Lipinski definition) is 1. The van der Waals surface area contributed by atoms with Gasteiger partial charge in [0.25, 0.3) is 0 Å². The molecular weight excluding hydrogens is 301 g/mol. The molecule has 1 aromatic rings. The van der Waals surface area contributed by atoms with Gasteiger partial charge in [0.15, 0.2) is 0 Å². The molecule has 20 heavy (non-hydrogen) atoms. The fourth-order valence-corrected chi connectivity index (χ4v) is 2.27. The number of carbonyl (C=O) groups excluding carboxylic acids is 1. The van der Waals surface area contributed by atoms with Crippen molar-refractivity contribution in [1.29, 1.82) is 0 Å². The molecule has 0 bridgehead atoms. The van der Waals surface area contributed by atoms with Gasteiger partial charge in [-0.25, -0.2) is 4.79 Å². The average Bonchev–Trinajstić information content (AvgIpc) is 2.43. The Kier molecular flexibility index (Phi) is 7.30. The number of unbranched alkanes of at least 4 members (excludes halogenated alkanes) is 1. The number of halogens is 2. The van der Waals surface area contributed by atoms with Gasteiger partial charge in [0.05, 0.1) is 17.2 Å². The third-order valence-electron chi connectivity index (χ3n) is 3.04. The van der Waals surface area contributed by atoms with Crippen LogP contribution in [0.4, 0.5) is 0 Å². The molecule has 112 valence electrons. The highest BCUT2D eigenvalue weighted by molar-refractivity contribution is 6.42. The van der Waals surface area contributed by atoms with E-state index in [9.17, 15) is 4.79 Å². The van der Waals surface area contributed by atoms with Crippen LogP contribution in [-0.2, 0) is 9.53 Å². The zero-order chi connectivity index (χ0) is 15.1. The number of methoxy groups -OCH3 is 1. The number of aliphatic hydroxyl groups is 1. The topological polar surface area (TPSA) is 49.8 Å². The van der Waals surface area contributed by atoms with Crippen molar-refractivity contribution in [1.82, 2.24) is 4.90 Å². The van der Waals surface area contributed by atoms with Crippen molar-refractivity contribution in [3.8, 4) is 0 Å². The molecule has 1 aromatic carbocycles. The summed E-state index contributed by atoms with van der Waals surface area (Å²) in [4.78, 5) is 13.9. The minimum Gasteiger partial charge on any atom is -0.468 e. The highest BCUT2D eigenvalue weighted by Crippen LogP contribution is 2.28. The minimum atomic E-state index is -0.534. The van der Waals surface area contributed by atoms with Crippen molar-refractivity contribution < 1.29 is 14.6 Å². The van der Waals surface area contributed by atoms with E-state index in [2.05, 4.69) is 0 Å². The first-order valence-electron chi connectivity index (χ1n) is 6.35. The van der Waals surface area contributed by atoms with Gasteiger partial charge in [-0.3, -0.25) is 4.90 Å². The fourth-order valence-electron chi connectivity index (χ4n) is 1.97. The third kappa shape index (κ3) is 4.63. The summed E-state index contributed by atoms with van der Waals surface area (Å²) in [6.45, 7) is 0.810. The van der Waals surface area contributed by atoms with Crippen LogP contribution in [0.5, 0.6) is 0 Å². The molecule has 0 amide bonds. The summed E-state index contributed by atoms with van der Waals surface area (Å²) >= 11 is 11.9. The quantitative estimate of drug-likeness (QED) is 0.620. The van der Waals surface area contributed by atoms with Gasteiger partial charge in [-0.05, 0) is 44.1 Å². The first kappa shape index (κ1) is 17.2. The average molecular weight is 320 g/mol. The summed E-state index contributed by atoms with van der Waals surface area (Å²) < 4.78 is 4.86. The van der Waals surface area contributed by atoms with Crippen LogP contribution in [-0.4, -0.2) is 43.3 Å². The Morgan fingerprint density at radius 2 is 2.05 bits per heavy atom. The molecule has 0 saturated carbocycles. The molecule has 1 N–H and O–H groups in total. The Bertz CT molecular complexity index is 454. The molecule has 1 atom stereocenters. The largest absolute Gasteiger partial charge is 0.468 e. The number of esters is 1. The van der Waals surface area contributed by atoms with E-state index in [0.717, 1.165) is 12.0 Å². The Hall–Kier alpha value is -0.810. The standard InChI is InChI=1S/C14H19Cl2NO3/c1-17(7-3-4-8-18)13(14(19)20-2)10-5-6-11(15)12(16)9-10/h5-6,9,13,18H,3-4,7-8H2,1-2H3. The van der Waals surface area contributed by atoms with E-state index >= 15 is 0 Å². The lowest BCUT2D eigenvalue weighted by molar-refractivity contribution is -0.146. The van der Waals surface area contributed by atoms with Crippen LogP contribution < -0.4 is 0 Å². The Labute approximate surface area is 129 Å². The van der Waals surface area contributed by atoms with Crippen LogP contribution in [0.2, 0.25) is 10.0 Å². The molecule has 0 aliphatic carbocycles. The highest BCUT2D eigenvalue weighted by Gasteiger charge is 2.26. The van der Waals surface area contributed by atoms with E-state index in [1.54, 1.807) is 18.2 Å². The maximum absolute atomic E-state index is 12.0.